The molecule has 4 rings (SSSR count). The van der Waals surface area contributed by atoms with Crippen molar-refractivity contribution in [2.75, 3.05) is 20.8 Å². The Labute approximate surface area is 189 Å². The first-order chi connectivity index (χ1) is 15.6. The third-order valence-corrected chi connectivity index (χ3v) is 6.21. The average molecular weight is 435 g/mol. The molecule has 0 N–H and O–H groups in total. The molecule has 3 heterocycles. The van der Waals surface area contributed by atoms with Crippen molar-refractivity contribution in [2.45, 2.75) is 45.1 Å². The van der Waals surface area contributed by atoms with Gasteiger partial charge in [0.1, 0.15) is 0 Å². The lowest BCUT2D eigenvalue weighted by atomic mass is 9.95. The largest absolute Gasteiger partial charge is 0.493 e. The zero-order valence-corrected chi connectivity index (χ0v) is 19.0. The van der Waals surface area contributed by atoms with E-state index in [1.54, 1.807) is 31.3 Å². The molecule has 1 aliphatic heterocycles. The maximum absolute atomic E-state index is 13.5. The number of nitrogens with zero attached hydrogens (tertiary/aromatic N) is 4. The van der Waals surface area contributed by atoms with E-state index in [9.17, 15) is 4.79 Å². The Balaban J connectivity index is 1.49. The Morgan fingerprint density at radius 1 is 1.12 bits per heavy atom. The Hall–Kier alpha value is -3.35. The van der Waals surface area contributed by atoms with Gasteiger partial charge in [-0.1, -0.05) is 12.1 Å². The second kappa shape index (κ2) is 9.85. The number of piperidine rings is 1. The summed E-state index contributed by atoms with van der Waals surface area (Å²) in [6, 6.07) is 11.9. The number of ether oxygens (including phenoxy) is 2. The summed E-state index contributed by atoms with van der Waals surface area (Å²) in [4.78, 5) is 19.9. The predicted molar refractivity (Wildman–Crippen MR) is 123 cm³/mol. The van der Waals surface area contributed by atoms with E-state index < -0.39 is 0 Å². The topological polar surface area (TPSA) is 69.5 Å². The first-order valence-electron chi connectivity index (χ1n) is 11.1. The molecule has 1 aromatic carbocycles. The number of amides is 1. The molecular formula is C25H30N4O3. The molecule has 168 valence electrons. The number of aryl methyl sites for hydroxylation is 1. The van der Waals surface area contributed by atoms with E-state index in [-0.39, 0.29) is 11.9 Å². The quantitative estimate of drug-likeness (QED) is 0.557. The summed E-state index contributed by atoms with van der Waals surface area (Å²) in [7, 11) is 3.29. The van der Waals surface area contributed by atoms with Crippen LogP contribution in [0, 0.1) is 6.92 Å². The minimum atomic E-state index is 0.0571. The van der Waals surface area contributed by atoms with Gasteiger partial charge in [0, 0.05) is 18.8 Å². The first-order valence-corrected chi connectivity index (χ1v) is 11.1. The van der Waals surface area contributed by atoms with Gasteiger partial charge in [-0.3, -0.25) is 4.79 Å². The van der Waals surface area contributed by atoms with Gasteiger partial charge in [0.25, 0.3) is 5.91 Å². The summed E-state index contributed by atoms with van der Waals surface area (Å²) in [5.74, 6) is 2.24. The number of methoxy groups -OCH3 is 2. The number of benzene rings is 1. The molecule has 0 bridgehead atoms. The molecule has 1 aliphatic rings. The van der Waals surface area contributed by atoms with Crippen molar-refractivity contribution >= 4 is 5.91 Å². The number of pyridine rings is 1. The van der Waals surface area contributed by atoms with Gasteiger partial charge in [-0.05, 0) is 68.9 Å². The number of aromatic nitrogens is 3. The molecule has 1 atom stereocenters. The summed E-state index contributed by atoms with van der Waals surface area (Å²) >= 11 is 0. The number of carbonyl (C=O) groups is 1. The number of hydrogen-bond acceptors (Lipinski definition) is 5. The smallest absolute Gasteiger partial charge is 0.257 e. The van der Waals surface area contributed by atoms with Crippen molar-refractivity contribution in [3.8, 4) is 17.3 Å². The minimum absolute atomic E-state index is 0.0571. The highest BCUT2D eigenvalue weighted by Crippen LogP contribution is 2.30. The molecule has 1 saturated heterocycles. The van der Waals surface area contributed by atoms with Crippen molar-refractivity contribution in [2.24, 2.45) is 0 Å². The summed E-state index contributed by atoms with van der Waals surface area (Å²) in [5.41, 5.74) is 2.64. The van der Waals surface area contributed by atoms with E-state index in [2.05, 4.69) is 16.1 Å². The van der Waals surface area contributed by atoms with E-state index >= 15 is 0 Å². The Bertz CT molecular complexity index is 1060. The van der Waals surface area contributed by atoms with Crippen molar-refractivity contribution in [3.63, 3.8) is 0 Å². The molecule has 0 radical (unpaired) electrons. The summed E-state index contributed by atoms with van der Waals surface area (Å²) < 4.78 is 12.5. The van der Waals surface area contributed by atoms with Crippen LogP contribution in [0.3, 0.4) is 0 Å². The molecule has 0 saturated carbocycles. The molecule has 0 aliphatic carbocycles. The highest BCUT2D eigenvalue weighted by atomic mass is 16.5. The third kappa shape index (κ3) is 4.47. The zero-order chi connectivity index (χ0) is 22.5. The number of rotatable bonds is 7. The molecule has 2 aromatic heterocycles. The fraction of sp³-hybridized carbons (Fsp3) is 0.400. The lowest BCUT2D eigenvalue weighted by Crippen LogP contribution is -2.44. The molecule has 7 nitrogen and oxygen atoms in total. The molecule has 7 heteroatoms. The van der Waals surface area contributed by atoms with Gasteiger partial charge >= 0.3 is 0 Å². The maximum atomic E-state index is 13.5. The molecule has 1 unspecified atom stereocenters. The monoisotopic (exact) mass is 434 g/mol. The SMILES string of the molecule is COc1ccc(CCC2CCCCN2C(=O)c2cnn(-c3ccccn3)c2C)cc1OC. The van der Waals surface area contributed by atoms with Crippen LogP contribution in [0.4, 0.5) is 0 Å². The summed E-state index contributed by atoms with van der Waals surface area (Å²) in [5, 5.41) is 4.44. The fourth-order valence-corrected chi connectivity index (χ4v) is 4.42. The van der Waals surface area contributed by atoms with E-state index in [0.717, 1.165) is 55.8 Å². The van der Waals surface area contributed by atoms with E-state index in [1.165, 1.54) is 5.56 Å². The maximum Gasteiger partial charge on any atom is 0.257 e. The van der Waals surface area contributed by atoms with Crippen LogP contribution in [0.5, 0.6) is 11.5 Å². The van der Waals surface area contributed by atoms with Crippen LogP contribution in [-0.2, 0) is 6.42 Å². The first kappa shape index (κ1) is 21.9. The Morgan fingerprint density at radius 2 is 1.97 bits per heavy atom. The average Bonchev–Trinajstić information content (AvgIpc) is 3.24. The molecule has 1 amide bonds. The van der Waals surface area contributed by atoms with E-state index in [1.807, 2.05) is 42.2 Å². The number of likely N-dealkylation sites (tertiary alicyclic amines) is 1. The van der Waals surface area contributed by atoms with Crippen LogP contribution >= 0.6 is 0 Å². The van der Waals surface area contributed by atoms with Crippen molar-refractivity contribution < 1.29 is 14.3 Å². The van der Waals surface area contributed by atoms with Crippen LogP contribution in [0.2, 0.25) is 0 Å². The summed E-state index contributed by atoms with van der Waals surface area (Å²) in [6.45, 7) is 2.71. The molecular weight excluding hydrogens is 404 g/mol. The highest BCUT2D eigenvalue weighted by molar-refractivity contribution is 5.95. The molecule has 0 spiro atoms. The van der Waals surface area contributed by atoms with Crippen LogP contribution in [-0.4, -0.2) is 52.4 Å². The molecule has 1 fully saturated rings. The number of carbonyl (C=O) groups excluding carboxylic acids is 1. The lowest BCUT2D eigenvalue weighted by molar-refractivity contribution is 0.0601. The van der Waals surface area contributed by atoms with Crippen molar-refractivity contribution in [1.82, 2.24) is 19.7 Å². The highest BCUT2D eigenvalue weighted by Gasteiger charge is 2.29. The van der Waals surface area contributed by atoms with Gasteiger partial charge < -0.3 is 14.4 Å². The van der Waals surface area contributed by atoms with E-state index in [0.29, 0.717) is 11.4 Å². The van der Waals surface area contributed by atoms with Gasteiger partial charge in [0.15, 0.2) is 17.3 Å². The summed E-state index contributed by atoms with van der Waals surface area (Å²) in [6.07, 6.45) is 8.39. The fourth-order valence-electron chi connectivity index (χ4n) is 4.42. The predicted octanol–water partition coefficient (Wildman–Crippen LogP) is 4.22. The standard InChI is InChI=1S/C25H30N4O3/c1-18-21(17-27-29(18)24-9-4-6-14-26-24)25(30)28-15-7-5-8-20(28)12-10-19-11-13-22(31-2)23(16-19)32-3/h4,6,9,11,13-14,16-17,20H,5,7-8,10,12,15H2,1-3H3. The van der Waals surface area contributed by atoms with Gasteiger partial charge in [0.2, 0.25) is 0 Å². The van der Waals surface area contributed by atoms with Gasteiger partial charge in [-0.25, -0.2) is 9.67 Å². The lowest BCUT2D eigenvalue weighted by Gasteiger charge is -2.36. The second-order valence-corrected chi connectivity index (χ2v) is 8.12. The molecule has 32 heavy (non-hydrogen) atoms. The van der Waals surface area contributed by atoms with Gasteiger partial charge in [-0.2, -0.15) is 5.10 Å². The minimum Gasteiger partial charge on any atom is -0.493 e. The van der Waals surface area contributed by atoms with Gasteiger partial charge in [-0.15, -0.1) is 0 Å². The van der Waals surface area contributed by atoms with Crippen LogP contribution in [0.25, 0.3) is 5.82 Å². The Kier molecular flexibility index (Phi) is 6.73. The van der Waals surface area contributed by atoms with Crippen molar-refractivity contribution in [1.29, 1.82) is 0 Å². The van der Waals surface area contributed by atoms with Crippen LogP contribution in [0.15, 0.2) is 48.8 Å². The van der Waals surface area contributed by atoms with E-state index in [4.69, 9.17) is 9.47 Å². The van der Waals surface area contributed by atoms with Crippen LogP contribution < -0.4 is 9.47 Å². The van der Waals surface area contributed by atoms with Crippen molar-refractivity contribution in [3.05, 3.63) is 65.6 Å². The zero-order valence-electron chi connectivity index (χ0n) is 19.0. The molecule has 3 aromatic rings. The third-order valence-electron chi connectivity index (χ3n) is 6.21. The normalized spacial score (nSPS) is 16.1. The second-order valence-electron chi connectivity index (χ2n) is 8.12. The van der Waals surface area contributed by atoms with Gasteiger partial charge in [0.05, 0.1) is 31.7 Å². The number of hydrogen-bond donors (Lipinski definition) is 0. The Morgan fingerprint density at radius 3 is 2.72 bits per heavy atom. The van der Waals surface area contributed by atoms with Crippen LogP contribution in [0.1, 0.15) is 47.3 Å².